The van der Waals surface area contributed by atoms with Crippen molar-refractivity contribution < 1.29 is 19.0 Å². The van der Waals surface area contributed by atoms with Crippen LogP contribution >= 0.6 is 0 Å². The third-order valence-electron chi connectivity index (χ3n) is 3.96. The second-order valence-electron chi connectivity index (χ2n) is 7.30. The van der Waals surface area contributed by atoms with Gasteiger partial charge in [-0.05, 0) is 39.2 Å². The second-order valence-corrected chi connectivity index (χ2v) is 7.30. The molecule has 0 radical (unpaired) electrons. The molecule has 0 aliphatic heterocycles. The van der Waals surface area contributed by atoms with E-state index in [1.54, 1.807) is 19.1 Å². The lowest BCUT2D eigenvalue weighted by Gasteiger charge is -2.30. The summed E-state index contributed by atoms with van der Waals surface area (Å²) in [6.45, 7) is 6.92. The number of carbonyl (C=O) groups excluding carboxylic acids is 1. The van der Waals surface area contributed by atoms with Gasteiger partial charge in [-0.1, -0.05) is 30.3 Å². The standard InChI is InChI=1S/C20H34N2O4/c1-20(2,3)26-15-17(21)19(23)22(14-18(24-4)25-5)13-9-12-16-10-7-6-8-11-16/h6-8,10-11,17-18H,9,12-15,21H2,1-5H3/t17-/m0/s1. The van der Waals surface area contributed by atoms with Crippen molar-refractivity contribution in [3.63, 3.8) is 0 Å². The molecule has 0 saturated carbocycles. The molecule has 2 N–H and O–H groups in total. The normalized spacial score (nSPS) is 13.0. The molecule has 1 amide bonds. The fourth-order valence-corrected chi connectivity index (χ4v) is 2.48. The van der Waals surface area contributed by atoms with Crippen LogP contribution in [0.1, 0.15) is 32.8 Å². The highest BCUT2D eigenvalue weighted by Gasteiger charge is 2.25. The van der Waals surface area contributed by atoms with Gasteiger partial charge in [0.05, 0.1) is 18.8 Å². The van der Waals surface area contributed by atoms with Crippen LogP contribution in [0.3, 0.4) is 0 Å². The number of carbonyl (C=O) groups is 1. The average Bonchev–Trinajstić information content (AvgIpc) is 2.62. The first-order valence-corrected chi connectivity index (χ1v) is 9.04. The highest BCUT2D eigenvalue weighted by Crippen LogP contribution is 2.10. The van der Waals surface area contributed by atoms with E-state index in [1.807, 2.05) is 39.0 Å². The summed E-state index contributed by atoms with van der Waals surface area (Å²) in [5, 5.41) is 0. The summed E-state index contributed by atoms with van der Waals surface area (Å²) < 4.78 is 16.2. The predicted octanol–water partition coefficient (Wildman–Crippen LogP) is 2.21. The zero-order chi connectivity index (χ0) is 19.6. The first-order valence-electron chi connectivity index (χ1n) is 9.04. The van der Waals surface area contributed by atoms with E-state index in [9.17, 15) is 4.79 Å². The van der Waals surface area contributed by atoms with Crippen LogP contribution in [0.25, 0.3) is 0 Å². The van der Waals surface area contributed by atoms with Gasteiger partial charge in [0.1, 0.15) is 6.04 Å². The first-order chi connectivity index (χ1) is 12.3. The fraction of sp³-hybridized carbons (Fsp3) is 0.650. The highest BCUT2D eigenvalue weighted by atomic mass is 16.7. The van der Waals surface area contributed by atoms with Crippen LogP contribution in [-0.4, -0.2) is 62.7 Å². The monoisotopic (exact) mass is 366 g/mol. The topological polar surface area (TPSA) is 74.0 Å². The molecule has 1 rings (SSSR count). The van der Waals surface area contributed by atoms with Crippen LogP contribution in [-0.2, 0) is 25.4 Å². The largest absolute Gasteiger partial charge is 0.374 e. The van der Waals surface area contributed by atoms with E-state index < -0.39 is 12.3 Å². The van der Waals surface area contributed by atoms with Crippen LogP contribution < -0.4 is 5.73 Å². The molecule has 0 aromatic heterocycles. The highest BCUT2D eigenvalue weighted by molar-refractivity contribution is 5.81. The van der Waals surface area contributed by atoms with Gasteiger partial charge in [0.15, 0.2) is 6.29 Å². The van der Waals surface area contributed by atoms with Crippen LogP contribution in [0.5, 0.6) is 0 Å². The van der Waals surface area contributed by atoms with Gasteiger partial charge in [-0.2, -0.15) is 0 Å². The Morgan fingerprint density at radius 2 is 1.77 bits per heavy atom. The lowest BCUT2D eigenvalue weighted by molar-refractivity contribution is -0.148. The molecule has 1 aromatic rings. The van der Waals surface area contributed by atoms with E-state index in [0.717, 1.165) is 12.8 Å². The summed E-state index contributed by atoms with van der Waals surface area (Å²) >= 11 is 0. The number of hydrogen-bond donors (Lipinski definition) is 1. The van der Waals surface area contributed by atoms with E-state index in [-0.39, 0.29) is 18.1 Å². The summed E-state index contributed by atoms with van der Waals surface area (Å²) in [7, 11) is 3.12. The molecule has 0 unspecified atom stereocenters. The van der Waals surface area contributed by atoms with Gasteiger partial charge in [-0.3, -0.25) is 4.79 Å². The van der Waals surface area contributed by atoms with E-state index in [0.29, 0.717) is 13.1 Å². The molecular formula is C20H34N2O4. The number of ether oxygens (including phenoxy) is 3. The molecule has 0 bridgehead atoms. The summed E-state index contributed by atoms with van der Waals surface area (Å²) in [5.41, 5.74) is 6.98. The number of hydrogen-bond acceptors (Lipinski definition) is 5. The molecule has 6 nitrogen and oxygen atoms in total. The summed E-state index contributed by atoms with van der Waals surface area (Å²) in [4.78, 5) is 14.5. The van der Waals surface area contributed by atoms with Crippen molar-refractivity contribution in [2.24, 2.45) is 5.73 Å². The lowest BCUT2D eigenvalue weighted by atomic mass is 10.1. The minimum atomic E-state index is -0.708. The number of aryl methyl sites for hydroxylation is 1. The molecular weight excluding hydrogens is 332 g/mol. The molecule has 0 fully saturated rings. The minimum Gasteiger partial charge on any atom is -0.374 e. The van der Waals surface area contributed by atoms with Gasteiger partial charge in [-0.15, -0.1) is 0 Å². The van der Waals surface area contributed by atoms with Gasteiger partial charge < -0.3 is 24.8 Å². The summed E-state index contributed by atoms with van der Waals surface area (Å²) in [6.07, 6.45) is 1.25. The van der Waals surface area contributed by atoms with E-state index >= 15 is 0 Å². The van der Waals surface area contributed by atoms with Crippen molar-refractivity contribution in [1.82, 2.24) is 4.90 Å². The molecule has 0 aliphatic carbocycles. The molecule has 148 valence electrons. The number of nitrogens with two attached hydrogens (primary N) is 1. The lowest BCUT2D eigenvalue weighted by Crippen LogP contribution is -2.50. The first kappa shape index (κ1) is 22.6. The fourth-order valence-electron chi connectivity index (χ4n) is 2.48. The van der Waals surface area contributed by atoms with Gasteiger partial charge in [0, 0.05) is 20.8 Å². The van der Waals surface area contributed by atoms with Gasteiger partial charge in [-0.25, -0.2) is 0 Å². The number of benzene rings is 1. The van der Waals surface area contributed by atoms with Gasteiger partial charge in [0.2, 0.25) is 5.91 Å². The van der Waals surface area contributed by atoms with Gasteiger partial charge >= 0.3 is 0 Å². The van der Waals surface area contributed by atoms with Crippen LogP contribution in [0, 0.1) is 0 Å². The number of nitrogens with zero attached hydrogens (tertiary/aromatic N) is 1. The molecule has 0 saturated heterocycles. The molecule has 0 heterocycles. The number of amides is 1. The molecule has 0 aliphatic rings. The van der Waals surface area contributed by atoms with E-state index in [1.165, 1.54) is 5.56 Å². The quantitative estimate of drug-likeness (QED) is 0.608. The average molecular weight is 367 g/mol. The predicted molar refractivity (Wildman–Crippen MR) is 103 cm³/mol. The Kier molecular flexibility index (Phi) is 9.80. The molecule has 1 aromatic carbocycles. The zero-order valence-electron chi connectivity index (χ0n) is 16.7. The molecule has 0 spiro atoms. The van der Waals surface area contributed by atoms with Crippen LogP contribution in [0.4, 0.5) is 0 Å². The second kappa shape index (κ2) is 11.3. The third kappa shape index (κ3) is 8.76. The number of rotatable bonds is 11. The van der Waals surface area contributed by atoms with Crippen molar-refractivity contribution in [3.8, 4) is 0 Å². The number of methoxy groups -OCH3 is 2. The van der Waals surface area contributed by atoms with E-state index in [4.69, 9.17) is 19.9 Å². The Morgan fingerprint density at radius 1 is 1.15 bits per heavy atom. The van der Waals surface area contributed by atoms with Crippen molar-refractivity contribution in [3.05, 3.63) is 35.9 Å². The maximum absolute atomic E-state index is 12.8. The molecule has 6 heteroatoms. The van der Waals surface area contributed by atoms with Crippen molar-refractivity contribution in [2.75, 3.05) is 33.9 Å². The van der Waals surface area contributed by atoms with Gasteiger partial charge in [0.25, 0.3) is 0 Å². The van der Waals surface area contributed by atoms with Crippen LogP contribution in [0.2, 0.25) is 0 Å². The zero-order valence-corrected chi connectivity index (χ0v) is 16.7. The summed E-state index contributed by atoms with van der Waals surface area (Å²) in [5.74, 6) is -0.151. The summed E-state index contributed by atoms with van der Waals surface area (Å²) in [6, 6.07) is 9.49. The maximum atomic E-state index is 12.8. The van der Waals surface area contributed by atoms with Crippen LogP contribution in [0.15, 0.2) is 30.3 Å². The molecule has 26 heavy (non-hydrogen) atoms. The van der Waals surface area contributed by atoms with E-state index in [2.05, 4.69) is 12.1 Å². The Balaban J connectivity index is 2.65. The van der Waals surface area contributed by atoms with Crippen molar-refractivity contribution in [2.45, 2.75) is 51.5 Å². The Morgan fingerprint density at radius 3 is 2.31 bits per heavy atom. The Hall–Kier alpha value is -1.47. The smallest absolute Gasteiger partial charge is 0.242 e. The third-order valence-corrected chi connectivity index (χ3v) is 3.96. The molecule has 1 atom stereocenters. The Labute approximate surface area is 157 Å². The minimum absolute atomic E-state index is 0.151. The van der Waals surface area contributed by atoms with Crippen molar-refractivity contribution >= 4 is 5.91 Å². The SMILES string of the molecule is COC(CN(CCCc1ccccc1)C(=O)[C@@H](N)COC(C)(C)C)OC. The van der Waals surface area contributed by atoms with Crippen molar-refractivity contribution in [1.29, 1.82) is 0 Å². The maximum Gasteiger partial charge on any atom is 0.242 e. The Bertz CT molecular complexity index is 512.